The second-order valence-electron chi connectivity index (χ2n) is 6.06. The van der Waals surface area contributed by atoms with Crippen LogP contribution in [0.3, 0.4) is 0 Å². The van der Waals surface area contributed by atoms with Crippen LogP contribution in [0, 0.1) is 11.3 Å². The van der Waals surface area contributed by atoms with Crippen molar-refractivity contribution in [3.8, 4) is 0 Å². The number of rotatable bonds is 5. The van der Waals surface area contributed by atoms with E-state index in [2.05, 4.69) is 0 Å². The lowest BCUT2D eigenvalue weighted by Gasteiger charge is -2.35. The van der Waals surface area contributed by atoms with E-state index in [0.29, 0.717) is 12.5 Å². The van der Waals surface area contributed by atoms with Crippen molar-refractivity contribution < 1.29 is 19.5 Å². The highest BCUT2D eigenvalue weighted by Crippen LogP contribution is 2.21. The molecule has 2 rings (SSSR count). The summed E-state index contributed by atoms with van der Waals surface area (Å²) in [5.41, 5.74) is 5.46. The van der Waals surface area contributed by atoms with Gasteiger partial charge in [-0.15, -0.1) is 0 Å². The number of piperazine rings is 1. The zero-order valence-electron chi connectivity index (χ0n) is 13.0. The summed E-state index contributed by atoms with van der Waals surface area (Å²) in [5, 5.41) is 16.1. The zero-order chi connectivity index (χ0) is 17.0. The molecule has 2 heterocycles. The van der Waals surface area contributed by atoms with Crippen molar-refractivity contribution in [2.24, 2.45) is 11.7 Å². The topological polar surface area (TPSA) is 131 Å². The highest BCUT2D eigenvalue weighted by atomic mass is 16.4. The summed E-state index contributed by atoms with van der Waals surface area (Å²) in [6, 6.07) is 0. The van der Waals surface area contributed by atoms with Crippen LogP contribution in [0.25, 0.3) is 0 Å². The van der Waals surface area contributed by atoms with Crippen LogP contribution in [-0.2, 0) is 14.4 Å². The van der Waals surface area contributed by atoms with Crippen LogP contribution in [0.2, 0.25) is 0 Å². The van der Waals surface area contributed by atoms with E-state index in [1.54, 1.807) is 0 Å². The van der Waals surface area contributed by atoms with E-state index in [4.69, 9.17) is 16.2 Å². The molecule has 0 aromatic heterocycles. The largest absolute Gasteiger partial charge is 0.480 e. The number of nitrogens with one attached hydrogen (secondary N) is 1. The third-order valence-corrected chi connectivity index (χ3v) is 4.45. The van der Waals surface area contributed by atoms with Gasteiger partial charge in [0.05, 0.1) is 6.54 Å². The molecule has 23 heavy (non-hydrogen) atoms. The Labute approximate surface area is 134 Å². The van der Waals surface area contributed by atoms with Gasteiger partial charge < -0.3 is 25.5 Å². The minimum absolute atomic E-state index is 0.0432. The van der Waals surface area contributed by atoms with E-state index in [1.807, 2.05) is 4.90 Å². The Morgan fingerprint density at radius 2 is 1.74 bits per heavy atom. The Balaban J connectivity index is 1.76. The SMILES string of the molecule is N=C(N)N1CCC(CCN2CC(=O)N(CC(=O)O)CC2=O)CC1. The summed E-state index contributed by atoms with van der Waals surface area (Å²) in [5.74, 6) is -1.09. The van der Waals surface area contributed by atoms with Crippen LogP contribution >= 0.6 is 0 Å². The molecule has 0 atom stereocenters. The number of nitrogens with zero attached hydrogens (tertiary/aromatic N) is 3. The lowest BCUT2D eigenvalue weighted by Crippen LogP contribution is -2.55. The Hall–Kier alpha value is -2.32. The molecule has 2 fully saturated rings. The molecule has 2 amide bonds. The lowest BCUT2D eigenvalue weighted by atomic mass is 9.93. The molecule has 0 aliphatic carbocycles. The number of nitrogens with two attached hydrogens (primary N) is 1. The van der Waals surface area contributed by atoms with Gasteiger partial charge in [-0.25, -0.2) is 0 Å². The number of piperidine rings is 1. The molecule has 0 unspecified atom stereocenters. The summed E-state index contributed by atoms with van der Waals surface area (Å²) in [6.07, 6.45) is 2.64. The van der Waals surface area contributed by atoms with E-state index < -0.39 is 12.5 Å². The van der Waals surface area contributed by atoms with Gasteiger partial charge in [0.25, 0.3) is 0 Å². The first-order valence-electron chi connectivity index (χ1n) is 7.73. The van der Waals surface area contributed by atoms with Crippen molar-refractivity contribution in [2.45, 2.75) is 19.3 Å². The number of carbonyl (C=O) groups excluding carboxylic acids is 2. The molecule has 9 nitrogen and oxygen atoms in total. The van der Waals surface area contributed by atoms with Crippen molar-refractivity contribution >= 4 is 23.7 Å². The molecular formula is C14H23N5O4. The fourth-order valence-corrected chi connectivity index (χ4v) is 3.01. The van der Waals surface area contributed by atoms with Crippen molar-refractivity contribution in [3.63, 3.8) is 0 Å². The number of likely N-dealkylation sites (tertiary alicyclic amines) is 1. The number of carboxylic acids is 1. The molecule has 0 radical (unpaired) electrons. The van der Waals surface area contributed by atoms with E-state index in [1.165, 1.54) is 4.90 Å². The minimum Gasteiger partial charge on any atom is -0.480 e. The van der Waals surface area contributed by atoms with Crippen LogP contribution in [0.15, 0.2) is 0 Å². The summed E-state index contributed by atoms with van der Waals surface area (Å²) in [4.78, 5) is 39.0. The van der Waals surface area contributed by atoms with E-state index >= 15 is 0 Å². The van der Waals surface area contributed by atoms with Gasteiger partial charge in [0.15, 0.2) is 5.96 Å². The second kappa shape index (κ2) is 7.30. The lowest BCUT2D eigenvalue weighted by molar-refractivity contribution is -0.154. The number of hydrogen-bond acceptors (Lipinski definition) is 4. The van der Waals surface area contributed by atoms with Gasteiger partial charge in [0, 0.05) is 19.6 Å². The van der Waals surface area contributed by atoms with E-state index in [0.717, 1.165) is 37.3 Å². The van der Waals surface area contributed by atoms with Gasteiger partial charge in [-0.05, 0) is 25.2 Å². The van der Waals surface area contributed by atoms with Gasteiger partial charge in [0.2, 0.25) is 11.8 Å². The van der Waals surface area contributed by atoms with Crippen molar-refractivity contribution in [2.75, 3.05) is 39.3 Å². The fraction of sp³-hybridized carbons (Fsp3) is 0.714. The molecule has 2 aliphatic heterocycles. The normalized spacial score (nSPS) is 20.1. The first-order valence-corrected chi connectivity index (χ1v) is 7.73. The van der Waals surface area contributed by atoms with Gasteiger partial charge in [-0.1, -0.05) is 0 Å². The summed E-state index contributed by atoms with van der Waals surface area (Å²) in [7, 11) is 0. The van der Waals surface area contributed by atoms with Crippen LogP contribution in [0.5, 0.6) is 0 Å². The monoisotopic (exact) mass is 325 g/mol. The highest BCUT2D eigenvalue weighted by Gasteiger charge is 2.31. The van der Waals surface area contributed by atoms with Gasteiger partial charge >= 0.3 is 5.97 Å². The molecule has 0 spiro atoms. The molecule has 9 heteroatoms. The summed E-state index contributed by atoms with van der Waals surface area (Å²) < 4.78 is 0. The van der Waals surface area contributed by atoms with Gasteiger partial charge in [-0.2, -0.15) is 0 Å². The Morgan fingerprint density at radius 3 is 2.30 bits per heavy atom. The molecule has 0 bridgehead atoms. The number of guanidine groups is 1. The van der Waals surface area contributed by atoms with Crippen molar-refractivity contribution in [1.29, 1.82) is 5.41 Å². The summed E-state index contributed by atoms with van der Waals surface area (Å²) in [6.45, 7) is 1.38. The molecule has 4 N–H and O–H groups in total. The van der Waals surface area contributed by atoms with Crippen LogP contribution in [0.4, 0.5) is 0 Å². The second-order valence-corrected chi connectivity index (χ2v) is 6.06. The Kier molecular flexibility index (Phi) is 5.41. The Morgan fingerprint density at radius 1 is 1.17 bits per heavy atom. The van der Waals surface area contributed by atoms with Crippen LogP contribution < -0.4 is 5.73 Å². The molecule has 0 aromatic rings. The predicted octanol–water partition coefficient (Wildman–Crippen LogP) is -1.26. The number of aliphatic carboxylic acids is 1. The minimum atomic E-state index is -1.11. The van der Waals surface area contributed by atoms with Gasteiger partial charge in [0.1, 0.15) is 13.1 Å². The number of carboxylic acid groups (broad SMARTS) is 1. The predicted molar refractivity (Wildman–Crippen MR) is 81.6 cm³/mol. The molecule has 0 aromatic carbocycles. The zero-order valence-corrected chi connectivity index (χ0v) is 13.0. The Bertz CT molecular complexity index is 501. The fourth-order valence-electron chi connectivity index (χ4n) is 3.01. The molecule has 2 aliphatic rings. The first-order chi connectivity index (χ1) is 10.9. The standard InChI is InChI=1S/C14H23N5O4/c15-14(16)17-4-1-10(2-5-17)3-6-18-7-12(21)19(8-11(18)20)9-13(22)23/h10H,1-9H2,(H3,15,16)(H,22,23). The number of amides is 2. The van der Waals surface area contributed by atoms with Crippen LogP contribution in [0.1, 0.15) is 19.3 Å². The van der Waals surface area contributed by atoms with E-state index in [-0.39, 0.29) is 30.9 Å². The van der Waals surface area contributed by atoms with Crippen molar-refractivity contribution in [3.05, 3.63) is 0 Å². The van der Waals surface area contributed by atoms with Crippen LogP contribution in [-0.4, -0.2) is 82.8 Å². The van der Waals surface area contributed by atoms with Gasteiger partial charge in [-0.3, -0.25) is 19.8 Å². The summed E-state index contributed by atoms with van der Waals surface area (Å²) >= 11 is 0. The molecular weight excluding hydrogens is 302 g/mol. The highest BCUT2D eigenvalue weighted by molar-refractivity contribution is 5.94. The molecule has 2 saturated heterocycles. The number of hydrogen-bond donors (Lipinski definition) is 3. The third kappa shape index (κ3) is 4.57. The maximum absolute atomic E-state index is 12.0. The first kappa shape index (κ1) is 17.0. The molecule has 0 saturated carbocycles. The average molecular weight is 325 g/mol. The van der Waals surface area contributed by atoms with Crippen molar-refractivity contribution in [1.82, 2.24) is 14.7 Å². The quantitative estimate of drug-likeness (QED) is 0.427. The average Bonchev–Trinajstić information content (AvgIpc) is 2.49. The molecule has 128 valence electrons. The van der Waals surface area contributed by atoms with E-state index in [9.17, 15) is 14.4 Å². The maximum Gasteiger partial charge on any atom is 0.323 e. The number of carbonyl (C=O) groups is 3. The smallest absolute Gasteiger partial charge is 0.323 e. The maximum atomic E-state index is 12.0. The third-order valence-electron chi connectivity index (χ3n) is 4.45.